The van der Waals surface area contributed by atoms with Crippen LogP contribution >= 0.6 is 12.6 Å². The molecule has 142 valence electrons. The standard InChI is InChI=1S/C18H25N.C3H8S.C2H6/c1-6-16(12-13(2)3)11-10-15(5)18-14(4)8-7-9-17(18)19;1-3(2)4;1-2/h6-10,12H,11,19H2,1-5H3;3-4H,1-2H3;1-2H3/b15-10-,16-6-;;. The van der Waals surface area contributed by atoms with Gasteiger partial charge in [-0.1, -0.05) is 63.6 Å². The van der Waals surface area contributed by atoms with Crippen molar-refractivity contribution >= 4 is 23.9 Å². The molecule has 0 fully saturated rings. The third kappa shape index (κ3) is 12.6. The van der Waals surface area contributed by atoms with E-state index < -0.39 is 0 Å². The average Bonchev–Trinajstić information content (AvgIpc) is 2.52. The van der Waals surface area contributed by atoms with Gasteiger partial charge in [-0.3, -0.25) is 0 Å². The molecule has 1 aromatic rings. The molecule has 0 aliphatic rings. The van der Waals surface area contributed by atoms with Crippen LogP contribution in [0.2, 0.25) is 0 Å². The van der Waals surface area contributed by atoms with Gasteiger partial charge < -0.3 is 5.73 Å². The van der Waals surface area contributed by atoms with Crippen LogP contribution in [0.15, 0.2) is 47.6 Å². The van der Waals surface area contributed by atoms with Gasteiger partial charge in [0.15, 0.2) is 0 Å². The van der Waals surface area contributed by atoms with E-state index in [2.05, 4.69) is 71.5 Å². The van der Waals surface area contributed by atoms with Crippen molar-refractivity contribution < 1.29 is 0 Å². The number of benzene rings is 1. The van der Waals surface area contributed by atoms with E-state index in [1.165, 1.54) is 27.8 Å². The summed E-state index contributed by atoms with van der Waals surface area (Å²) in [7, 11) is 0. The van der Waals surface area contributed by atoms with Gasteiger partial charge in [-0.2, -0.15) is 12.6 Å². The lowest BCUT2D eigenvalue weighted by molar-refractivity contribution is 1.13. The van der Waals surface area contributed by atoms with Crippen molar-refractivity contribution in [1.82, 2.24) is 0 Å². The first-order valence-electron chi connectivity index (χ1n) is 9.19. The van der Waals surface area contributed by atoms with Crippen LogP contribution in [0.3, 0.4) is 0 Å². The lowest BCUT2D eigenvalue weighted by Gasteiger charge is -2.10. The number of aryl methyl sites for hydroxylation is 1. The Morgan fingerprint density at radius 1 is 1.16 bits per heavy atom. The van der Waals surface area contributed by atoms with Gasteiger partial charge in [-0.05, 0) is 69.1 Å². The molecule has 25 heavy (non-hydrogen) atoms. The minimum Gasteiger partial charge on any atom is -0.398 e. The van der Waals surface area contributed by atoms with Crippen LogP contribution in [0.5, 0.6) is 0 Å². The zero-order valence-corrected chi connectivity index (χ0v) is 18.7. The molecule has 2 N–H and O–H groups in total. The Morgan fingerprint density at radius 3 is 2.08 bits per heavy atom. The second-order valence-corrected chi connectivity index (χ2v) is 7.34. The molecule has 0 aromatic heterocycles. The summed E-state index contributed by atoms with van der Waals surface area (Å²) in [5, 5.41) is 0.528. The summed E-state index contributed by atoms with van der Waals surface area (Å²) in [5.74, 6) is 0. The van der Waals surface area contributed by atoms with Gasteiger partial charge in [0.2, 0.25) is 0 Å². The monoisotopic (exact) mass is 361 g/mol. The van der Waals surface area contributed by atoms with E-state index in [1.54, 1.807) is 0 Å². The molecule has 0 saturated heterocycles. The number of thiol groups is 1. The van der Waals surface area contributed by atoms with Crippen molar-refractivity contribution in [3.8, 4) is 0 Å². The molecule has 1 aromatic carbocycles. The quantitative estimate of drug-likeness (QED) is 0.322. The Morgan fingerprint density at radius 2 is 1.68 bits per heavy atom. The third-order valence-corrected chi connectivity index (χ3v) is 3.19. The van der Waals surface area contributed by atoms with E-state index >= 15 is 0 Å². The molecule has 0 bridgehead atoms. The highest BCUT2D eigenvalue weighted by Gasteiger charge is 2.04. The van der Waals surface area contributed by atoms with Crippen LogP contribution in [-0.2, 0) is 0 Å². The summed E-state index contributed by atoms with van der Waals surface area (Å²) in [5.41, 5.74) is 13.3. The lowest BCUT2D eigenvalue weighted by Crippen LogP contribution is -1.95. The Hall–Kier alpha value is -1.41. The second kappa shape index (κ2) is 14.9. The predicted octanol–water partition coefficient (Wildman–Crippen LogP) is 7.63. The van der Waals surface area contributed by atoms with Gasteiger partial charge in [0.25, 0.3) is 0 Å². The van der Waals surface area contributed by atoms with E-state index in [-0.39, 0.29) is 0 Å². The van der Waals surface area contributed by atoms with Gasteiger partial charge in [-0.15, -0.1) is 0 Å². The SMILES string of the molecule is C/C=C(\C=C(C)C)C/C=C(/C)c1c(C)cccc1N.CC.CC(C)S. The van der Waals surface area contributed by atoms with Crippen LogP contribution in [-0.4, -0.2) is 5.25 Å². The Kier molecular flexibility index (Phi) is 15.4. The summed E-state index contributed by atoms with van der Waals surface area (Å²) >= 11 is 3.97. The zero-order valence-electron chi connectivity index (χ0n) is 17.8. The highest BCUT2D eigenvalue weighted by atomic mass is 32.1. The minimum atomic E-state index is 0.528. The highest BCUT2D eigenvalue weighted by molar-refractivity contribution is 7.80. The van der Waals surface area contributed by atoms with Gasteiger partial charge in [0, 0.05) is 11.3 Å². The fourth-order valence-electron chi connectivity index (χ4n) is 2.23. The predicted molar refractivity (Wildman–Crippen MR) is 123 cm³/mol. The normalized spacial score (nSPS) is 11.2. The highest BCUT2D eigenvalue weighted by Crippen LogP contribution is 2.26. The Bertz CT molecular complexity index is 551. The number of nitrogens with two attached hydrogens (primary N) is 1. The molecule has 0 amide bonds. The first-order chi connectivity index (χ1) is 11.7. The van der Waals surface area contributed by atoms with E-state index in [4.69, 9.17) is 5.73 Å². The Balaban J connectivity index is 0. The number of nitrogen functional groups attached to an aromatic ring is 1. The minimum absolute atomic E-state index is 0.528. The zero-order chi connectivity index (χ0) is 20.0. The maximum absolute atomic E-state index is 6.07. The third-order valence-electron chi connectivity index (χ3n) is 3.19. The second-order valence-electron chi connectivity index (χ2n) is 6.31. The van der Waals surface area contributed by atoms with Gasteiger partial charge in [0.05, 0.1) is 0 Å². The van der Waals surface area contributed by atoms with Crippen molar-refractivity contribution in [2.75, 3.05) is 5.73 Å². The molecule has 0 atom stereocenters. The fourth-order valence-corrected chi connectivity index (χ4v) is 2.23. The first-order valence-corrected chi connectivity index (χ1v) is 9.71. The number of anilines is 1. The van der Waals surface area contributed by atoms with Crippen LogP contribution in [0.25, 0.3) is 5.57 Å². The number of hydrogen-bond acceptors (Lipinski definition) is 2. The van der Waals surface area contributed by atoms with Crippen molar-refractivity contribution in [3.63, 3.8) is 0 Å². The van der Waals surface area contributed by atoms with Gasteiger partial charge >= 0.3 is 0 Å². The molecule has 0 aliphatic carbocycles. The van der Waals surface area contributed by atoms with Crippen molar-refractivity contribution in [2.45, 2.75) is 74.0 Å². The Labute approximate surface area is 162 Å². The largest absolute Gasteiger partial charge is 0.398 e. The summed E-state index contributed by atoms with van der Waals surface area (Å²) in [6.45, 7) is 18.6. The smallest absolute Gasteiger partial charge is 0.0392 e. The van der Waals surface area contributed by atoms with Crippen molar-refractivity contribution in [1.29, 1.82) is 0 Å². The van der Waals surface area contributed by atoms with Gasteiger partial charge in [0.1, 0.15) is 0 Å². The molecular weight excluding hydrogens is 322 g/mol. The van der Waals surface area contributed by atoms with Crippen LogP contribution in [0, 0.1) is 6.92 Å². The summed E-state index contributed by atoms with van der Waals surface area (Å²) in [6.07, 6.45) is 7.59. The van der Waals surface area contributed by atoms with Crippen LogP contribution < -0.4 is 5.73 Å². The van der Waals surface area contributed by atoms with E-state index in [9.17, 15) is 0 Å². The van der Waals surface area contributed by atoms with E-state index in [0.717, 1.165) is 12.1 Å². The lowest BCUT2D eigenvalue weighted by atomic mass is 9.97. The van der Waals surface area contributed by atoms with Crippen molar-refractivity contribution in [2.24, 2.45) is 0 Å². The topological polar surface area (TPSA) is 26.0 Å². The number of rotatable bonds is 4. The number of hydrogen-bond donors (Lipinski definition) is 2. The molecule has 0 radical (unpaired) electrons. The summed E-state index contributed by atoms with van der Waals surface area (Å²) in [6, 6.07) is 6.07. The molecule has 1 nitrogen and oxygen atoms in total. The summed E-state index contributed by atoms with van der Waals surface area (Å²) in [4.78, 5) is 0. The molecule has 0 spiro atoms. The molecular formula is C23H39NS. The first kappa shape index (κ1) is 25.8. The molecule has 0 saturated carbocycles. The van der Waals surface area contributed by atoms with Crippen LogP contribution in [0.4, 0.5) is 5.69 Å². The molecule has 0 unspecified atom stereocenters. The number of allylic oxidation sites excluding steroid dienone is 6. The molecule has 0 heterocycles. The maximum Gasteiger partial charge on any atom is 0.0392 e. The van der Waals surface area contributed by atoms with E-state index in [1.807, 2.05) is 39.8 Å². The fraction of sp³-hybridized carbons (Fsp3) is 0.478. The molecule has 2 heteroatoms. The molecule has 0 aliphatic heterocycles. The maximum atomic E-state index is 6.07. The van der Waals surface area contributed by atoms with Crippen molar-refractivity contribution in [3.05, 3.63) is 58.7 Å². The van der Waals surface area contributed by atoms with E-state index in [0.29, 0.717) is 5.25 Å². The molecule has 1 rings (SSSR count). The average molecular weight is 362 g/mol. The van der Waals surface area contributed by atoms with Gasteiger partial charge in [-0.25, -0.2) is 0 Å². The summed E-state index contributed by atoms with van der Waals surface area (Å²) < 4.78 is 0. The van der Waals surface area contributed by atoms with Crippen LogP contribution in [0.1, 0.15) is 72.9 Å².